The van der Waals surface area contributed by atoms with Crippen molar-refractivity contribution < 1.29 is 49.0 Å². The zero-order valence-corrected chi connectivity index (χ0v) is 23.3. The molecule has 2 aromatic carbocycles. The Bertz CT molecular complexity index is 1210. The van der Waals surface area contributed by atoms with Gasteiger partial charge in [-0.1, -0.05) is 11.6 Å². The molecule has 1 fully saturated rings. The van der Waals surface area contributed by atoms with Crippen molar-refractivity contribution in [3.05, 3.63) is 71.3 Å². The lowest BCUT2D eigenvalue weighted by atomic mass is 9.83. The summed E-state index contributed by atoms with van der Waals surface area (Å²) in [7, 11) is 3.05. The van der Waals surface area contributed by atoms with Gasteiger partial charge in [0, 0.05) is 32.1 Å². The van der Waals surface area contributed by atoms with Crippen molar-refractivity contribution in [2.75, 3.05) is 14.2 Å². The van der Waals surface area contributed by atoms with E-state index in [0.29, 0.717) is 34.6 Å². The third-order valence-corrected chi connectivity index (χ3v) is 7.66. The SMILES string of the molecule is COc1ccc(C(=O)O[C@H]2CC=C(C[C@@]3(O)C[C@@H](O)C[C@H](OC(=O)c4ccc(OC)cc4)C[C@@H]3O)C[C@H](O)C2)cc1. The lowest BCUT2D eigenvalue weighted by Gasteiger charge is -2.33. The molecule has 0 amide bonds. The third kappa shape index (κ3) is 8.07. The van der Waals surface area contributed by atoms with Crippen LogP contribution in [-0.4, -0.2) is 82.7 Å². The third-order valence-electron chi connectivity index (χ3n) is 7.66. The smallest absolute Gasteiger partial charge is 0.338 e. The Balaban J connectivity index is 1.38. The Labute approximate surface area is 239 Å². The molecular weight excluding hydrogens is 532 g/mol. The Morgan fingerprint density at radius 2 is 1.29 bits per heavy atom. The van der Waals surface area contributed by atoms with E-state index in [1.807, 2.05) is 6.08 Å². The van der Waals surface area contributed by atoms with Crippen LogP contribution in [0.15, 0.2) is 60.2 Å². The highest BCUT2D eigenvalue weighted by Crippen LogP contribution is 2.37. The van der Waals surface area contributed by atoms with Crippen LogP contribution in [0.25, 0.3) is 0 Å². The highest BCUT2D eigenvalue weighted by molar-refractivity contribution is 5.90. The van der Waals surface area contributed by atoms with Crippen LogP contribution in [0.3, 0.4) is 0 Å². The number of carbonyl (C=O) groups excluding carboxylic acids is 2. The molecule has 0 aliphatic heterocycles. The summed E-state index contributed by atoms with van der Waals surface area (Å²) in [6, 6.07) is 12.9. The van der Waals surface area contributed by atoms with Crippen LogP contribution < -0.4 is 9.47 Å². The molecule has 0 spiro atoms. The van der Waals surface area contributed by atoms with Crippen molar-refractivity contribution >= 4 is 11.9 Å². The molecule has 10 heteroatoms. The molecule has 0 unspecified atom stereocenters. The van der Waals surface area contributed by atoms with Gasteiger partial charge in [-0.15, -0.1) is 0 Å². The molecule has 222 valence electrons. The highest BCUT2D eigenvalue weighted by Gasteiger charge is 2.44. The molecule has 0 radical (unpaired) electrons. The van der Waals surface area contributed by atoms with Gasteiger partial charge in [-0.05, 0) is 61.4 Å². The lowest BCUT2D eigenvalue weighted by Crippen LogP contribution is -2.44. The van der Waals surface area contributed by atoms with Gasteiger partial charge in [0.15, 0.2) is 0 Å². The number of ether oxygens (including phenoxy) is 4. The molecular formula is C31H38O10. The van der Waals surface area contributed by atoms with Crippen LogP contribution in [0.2, 0.25) is 0 Å². The second-order valence-corrected chi connectivity index (χ2v) is 10.8. The van der Waals surface area contributed by atoms with E-state index in [9.17, 15) is 30.0 Å². The minimum Gasteiger partial charge on any atom is -0.497 e. The molecule has 6 atom stereocenters. The molecule has 0 aromatic heterocycles. The summed E-state index contributed by atoms with van der Waals surface area (Å²) >= 11 is 0. The number of carbonyl (C=O) groups is 2. The predicted octanol–water partition coefficient (Wildman–Crippen LogP) is 2.95. The van der Waals surface area contributed by atoms with Gasteiger partial charge in [-0.3, -0.25) is 0 Å². The number of rotatable bonds is 8. The Morgan fingerprint density at radius 1 is 0.780 bits per heavy atom. The van der Waals surface area contributed by atoms with E-state index < -0.39 is 48.1 Å². The van der Waals surface area contributed by atoms with Gasteiger partial charge in [-0.2, -0.15) is 0 Å². The molecule has 0 bridgehead atoms. The number of methoxy groups -OCH3 is 2. The maximum Gasteiger partial charge on any atom is 0.338 e. The fourth-order valence-corrected chi connectivity index (χ4v) is 5.48. The van der Waals surface area contributed by atoms with Gasteiger partial charge >= 0.3 is 11.9 Å². The van der Waals surface area contributed by atoms with Gasteiger partial charge in [0.25, 0.3) is 0 Å². The van der Waals surface area contributed by atoms with E-state index >= 15 is 0 Å². The molecule has 2 aromatic rings. The molecule has 10 nitrogen and oxygen atoms in total. The maximum absolute atomic E-state index is 12.7. The molecule has 0 saturated heterocycles. The van der Waals surface area contributed by atoms with Crippen molar-refractivity contribution in [2.45, 2.75) is 81.1 Å². The summed E-state index contributed by atoms with van der Waals surface area (Å²) in [5.41, 5.74) is -0.357. The van der Waals surface area contributed by atoms with Gasteiger partial charge in [0.2, 0.25) is 0 Å². The molecule has 2 aliphatic carbocycles. The van der Waals surface area contributed by atoms with Crippen LogP contribution in [0.5, 0.6) is 11.5 Å². The zero-order chi connectivity index (χ0) is 29.6. The maximum atomic E-state index is 12.7. The van der Waals surface area contributed by atoms with Crippen LogP contribution in [0.4, 0.5) is 0 Å². The number of hydrogen-bond acceptors (Lipinski definition) is 10. The van der Waals surface area contributed by atoms with Crippen molar-refractivity contribution in [2.24, 2.45) is 0 Å². The van der Waals surface area contributed by atoms with E-state index in [1.165, 1.54) is 14.2 Å². The normalized spacial score (nSPS) is 28.4. The number of aliphatic hydroxyl groups is 4. The van der Waals surface area contributed by atoms with Crippen molar-refractivity contribution in [3.63, 3.8) is 0 Å². The molecule has 1 saturated carbocycles. The molecule has 4 N–H and O–H groups in total. The van der Waals surface area contributed by atoms with E-state index in [0.717, 1.165) is 0 Å². The largest absolute Gasteiger partial charge is 0.497 e. The van der Waals surface area contributed by atoms with Crippen LogP contribution in [-0.2, 0) is 9.47 Å². The zero-order valence-electron chi connectivity index (χ0n) is 23.3. The first kappa shape index (κ1) is 30.5. The van der Waals surface area contributed by atoms with Crippen LogP contribution in [0.1, 0.15) is 65.7 Å². The number of aliphatic hydroxyl groups excluding tert-OH is 3. The van der Waals surface area contributed by atoms with E-state index in [2.05, 4.69) is 0 Å². The van der Waals surface area contributed by atoms with Gasteiger partial charge < -0.3 is 39.4 Å². The van der Waals surface area contributed by atoms with Crippen molar-refractivity contribution in [3.8, 4) is 11.5 Å². The first-order valence-corrected chi connectivity index (χ1v) is 13.7. The average molecular weight is 571 g/mol. The molecule has 0 heterocycles. The van der Waals surface area contributed by atoms with E-state index in [1.54, 1.807) is 48.5 Å². The topological polar surface area (TPSA) is 152 Å². The second-order valence-electron chi connectivity index (χ2n) is 10.8. The summed E-state index contributed by atoms with van der Waals surface area (Å²) in [6.07, 6.45) is -2.08. The highest BCUT2D eigenvalue weighted by atomic mass is 16.5. The first-order valence-electron chi connectivity index (χ1n) is 13.7. The van der Waals surface area contributed by atoms with Gasteiger partial charge in [0.1, 0.15) is 23.7 Å². The standard InChI is InChI=1S/C31H38O10/c1-38-24-9-4-20(5-10-24)29(35)40-26-8-3-19(13-22(32)14-26)17-31(37)18-23(33)15-27(16-28(31)34)41-30(36)21-6-11-25(39-2)12-7-21/h3-7,9-12,22-23,26-28,32-34,37H,8,13-18H2,1-2H3/t22-,23-,26-,27-,28-,31+/m0/s1. The van der Waals surface area contributed by atoms with E-state index in [-0.39, 0.29) is 38.5 Å². The fourth-order valence-electron chi connectivity index (χ4n) is 5.48. The first-order chi connectivity index (χ1) is 19.6. The fraction of sp³-hybridized carbons (Fsp3) is 0.484. The molecule has 41 heavy (non-hydrogen) atoms. The monoisotopic (exact) mass is 570 g/mol. The molecule has 2 aliphatic rings. The Morgan fingerprint density at radius 3 is 1.83 bits per heavy atom. The number of benzene rings is 2. The number of esters is 2. The summed E-state index contributed by atoms with van der Waals surface area (Å²) in [5.74, 6) is 0.0845. The Hall–Kier alpha value is -3.44. The summed E-state index contributed by atoms with van der Waals surface area (Å²) in [5, 5.41) is 43.8. The predicted molar refractivity (Wildman–Crippen MR) is 148 cm³/mol. The van der Waals surface area contributed by atoms with Crippen molar-refractivity contribution in [1.82, 2.24) is 0 Å². The summed E-state index contributed by atoms with van der Waals surface area (Å²) in [4.78, 5) is 25.3. The molecule has 4 rings (SSSR count). The van der Waals surface area contributed by atoms with Gasteiger partial charge in [-0.25, -0.2) is 9.59 Å². The van der Waals surface area contributed by atoms with Crippen LogP contribution in [0, 0.1) is 0 Å². The second kappa shape index (κ2) is 13.5. The lowest BCUT2D eigenvalue weighted by molar-refractivity contribution is -0.0963. The van der Waals surface area contributed by atoms with Crippen LogP contribution >= 0.6 is 0 Å². The quantitative estimate of drug-likeness (QED) is 0.212. The average Bonchev–Trinajstić information content (AvgIpc) is 3.18. The number of hydrogen-bond donors (Lipinski definition) is 4. The summed E-state index contributed by atoms with van der Waals surface area (Å²) in [6.45, 7) is 0. The Kier molecular flexibility index (Phi) is 10.0. The summed E-state index contributed by atoms with van der Waals surface area (Å²) < 4.78 is 21.4. The minimum absolute atomic E-state index is 0.000575. The van der Waals surface area contributed by atoms with E-state index in [4.69, 9.17) is 18.9 Å². The van der Waals surface area contributed by atoms with Crippen molar-refractivity contribution in [1.29, 1.82) is 0 Å². The van der Waals surface area contributed by atoms with Gasteiger partial charge in [0.05, 0.1) is 49.3 Å². The minimum atomic E-state index is -1.70.